The average Bonchev–Trinajstić information content (AvgIpc) is 2.85. The molecule has 0 N–H and O–H groups in total. The zero-order valence-corrected chi connectivity index (χ0v) is 18.8. The van der Waals surface area contributed by atoms with E-state index in [1.807, 2.05) is 41.3 Å². The topological polar surface area (TPSA) is 67.8 Å². The van der Waals surface area contributed by atoms with Gasteiger partial charge < -0.3 is 19.3 Å². The van der Waals surface area contributed by atoms with E-state index in [-0.39, 0.29) is 29.9 Å². The molecule has 0 spiro atoms. The zero-order valence-electron chi connectivity index (χ0n) is 18.8. The Morgan fingerprint density at radius 3 is 2.53 bits per heavy atom. The van der Waals surface area contributed by atoms with Crippen molar-refractivity contribution in [2.24, 2.45) is 0 Å². The molecule has 0 saturated carbocycles. The molecule has 34 heavy (non-hydrogen) atoms. The first-order valence-corrected chi connectivity index (χ1v) is 11.0. The summed E-state index contributed by atoms with van der Waals surface area (Å²) in [4.78, 5) is 25.5. The molecule has 1 aliphatic rings. The van der Waals surface area contributed by atoms with Crippen LogP contribution in [0.2, 0.25) is 0 Å². The van der Waals surface area contributed by atoms with Crippen LogP contribution in [0.25, 0.3) is 0 Å². The van der Waals surface area contributed by atoms with Crippen molar-refractivity contribution in [2.75, 3.05) is 31.6 Å². The fourth-order valence-corrected chi connectivity index (χ4v) is 4.19. The van der Waals surface area contributed by atoms with E-state index in [2.05, 4.69) is 19.6 Å². The number of hydrogen-bond donors (Lipinski definition) is 0. The summed E-state index contributed by atoms with van der Waals surface area (Å²) < 4.78 is 35.6. The molecule has 1 unspecified atom stereocenters. The largest absolute Gasteiger partial charge is 0.493 e. The van der Waals surface area contributed by atoms with E-state index >= 15 is 0 Å². The normalized spacial score (nSPS) is 15.9. The molecule has 1 aliphatic heterocycles. The summed E-state index contributed by atoms with van der Waals surface area (Å²) in [5.41, 5.74) is 1.84. The van der Waals surface area contributed by atoms with Gasteiger partial charge in [0.15, 0.2) is 11.5 Å². The number of nitrogens with zero attached hydrogens (tertiary/aromatic N) is 4. The molecule has 2 heterocycles. The van der Waals surface area contributed by atoms with Gasteiger partial charge in [0, 0.05) is 43.8 Å². The number of alkyl halides is 2. The third-order valence-corrected chi connectivity index (χ3v) is 5.77. The Hall–Kier alpha value is -3.75. The first-order valence-electron chi connectivity index (χ1n) is 11.0. The Kier molecular flexibility index (Phi) is 7.51. The van der Waals surface area contributed by atoms with Gasteiger partial charge >= 0.3 is 6.61 Å². The van der Waals surface area contributed by atoms with Crippen LogP contribution >= 0.6 is 0 Å². The number of methoxy groups -OCH3 is 1. The molecule has 3 aromatic rings. The first-order chi connectivity index (χ1) is 16.5. The lowest BCUT2D eigenvalue weighted by atomic mass is 10.0. The highest BCUT2D eigenvalue weighted by Gasteiger charge is 2.31. The van der Waals surface area contributed by atoms with E-state index < -0.39 is 6.61 Å². The highest BCUT2D eigenvalue weighted by atomic mass is 19.3. The van der Waals surface area contributed by atoms with Gasteiger partial charge in [-0.25, -0.2) is 9.97 Å². The summed E-state index contributed by atoms with van der Waals surface area (Å²) in [7, 11) is 1.41. The van der Waals surface area contributed by atoms with Crippen LogP contribution in [0.5, 0.6) is 11.5 Å². The predicted octanol–water partition coefficient (Wildman–Crippen LogP) is 3.59. The highest BCUT2D eigenvalue weighted by Crippen LogP contribution is 2.34. The summed E-state index contributed by atoms with van der Waals surface area (Å²) in [6.45, 7) is -1.38. The fourth-order valence-electron chi connectivity index (χ4n) is 4.19. The number of rotatable bonds is 8. The minimum Gasteiger partial charge on any atom is -0.493 e. The lowest BCUT2D eigenvalue weighted by molar-refractivity contribution is -0.133. The second-order valence-corrected chi connectivity index (χ2v) is 7.93. The maximum absolute atomic E-state index is 13.2. The summed E-state index contributed by atoms with van der Waals surface area (Å²) in [5.74, 6) is 0.663. The molecule has 7 nitrogen and oxygen atoms in total. The van der Waals surface area contributed by atoms with E-state index in [9.17, 15) is 13.6 Å². The SMILES string of the molecule is COc1ccc(N2CCN(C(=O)Cc3ncccn3)C(Cc3ccccc3)C2)cc1OC(F)F. The summed E-state index contributed by atoms with van der Waals surface area (Å²) in [5, 5.41) is 0. The van der Waals surface area contributed by atoms with Crippen LogP contribution in [0.4, 0.5) is 14.5 Å². The van der Waals surface area contributed by atoms with Crippen molar-refractivity contribution in [1.29, 1.82) is 0 Å². The number of carbonyl (C=O) groups is 1. The van der Waals surface area contributed by atoms with Gasteiger partial charge in [-0.15, -0.1) is 0 Å². The second-order valence-electron chi connectivity index (χ2n) is 7.93. The monoisotopic (exact) mass is 468 g/mol. The first kappa shape index (κ1) is 23.4. The Morgan fingerprint density at radius 1 is 1.06 bits per heavy atom. The van der Waals surface area contributed by atoms with Gasteiger partial charge in [-0.05, 0) is 30.2 Å². The third-order valence-electron chi connectivity index (χ3n) is 5.77. The van der Waals surface area contributed by atoms with E-state index in [4.69, 9.17) is 4.74 Å². The number of piperazine rings is 1. The molecule has 1 saturated heterocycles. The molecular weight excluding hydrogens is 442 g/mol. The van der Waals surface area contributed by atoms with E-state index in [1.54, 1.807) is 30.6 Å². The van der Waals surface area contributed by atoms with Gasteiger partial charge in [-0.3, -0.25) is 4.79 Å². The van der Waals surface area contributed by atoms with Crippen LogP contribution in [0.1, 0.15) is 11.4 Å². The summed E-state index contributed by atoms with van der Waals surface area (Å²) in [6.07, 6.45) is 4.03. The molecule has 0 radical (unpaired) electrons. The molecule has 0 aliphatic carbocycles. The number of anilines is 1. The molecule has 1 amide bonds. The average molecular weight is 469 g/mol. The van der Waals surface area contributed by atoms with Gasteiger partial charge in [0.2, 0.25) is 5.91 Å². The standard InChI is InChI=1S/C25H26F2N4O3/c1-33-21-9-8-19(15-22(21)34-25(26)27)30-12-13-31(24(32)16-23-28-10-5-11-29-23)20(17-30)14-18-6-3-2-4-7-18/h2-11,15,20,25H,12-14,16-17H2,1H3. The van der Waals surface area contributed by atoms with Crippen LogP contribution in [-0.4, -0.2) is 60.2 Å². The van der Waals surface area contributed by atoms with Gasteiger partial charge in [0.05, 0.1) is 19.6 Å². The highest BCUT2D eigenvalue weighted by molar-refractivity contribution is 5.78. The number of halogens is 2. The number of benzene rings is 2. The molecule has 1 aromatic heterocycles. The Balaban J connectivity index is 1.56. The van der Waals surface area contributed by atoms with E-state index in [0.29, 0.717) is 31.9 Å². The van der Waals surface area contributed by atoms with Crippen molar-refractivity contribution in [3.05, 3.63) is 78.4 Å². The Morgan fingerprint density at radius 2 is 1.82 bits per heavy atom. The molecule has 0 bridgehead atoms. The van der Waals surface area contributed by atoms with Crippen LogP contribution in [0.3, 0.4) is 0 Å². The molecule has 1 fully saturated rings. The van der Waals surface area contributed by atoms with Crippen molar-refractivity contribution in [3.63, 3.8) is 0 Å². The van der Waals surface area contributed by atoms with Crippen molar-refractivity contribution in [1.82, 2.24) is 14.9 Å². The van der Waals surface area contributed by atoms with Crippen molar-refractivity contribution in [3.8, 4) is 11.5 Å². The third kappa shape index (κ3) is 5.78. The maximum atomic E-state index is 13.2. The summed E-state index contributed by atoms with van der Waals surface area (Å²) >= 11 is 0. The Labute approximate surface area is 197 Å². The Bertz CT molecular complexity index is 1090. The van der Waals surface area contributed by atoms with Crippen LogP contribution < -0.4 is 14.4 Å². The number of aromatic nitrogens is 2. The van der Waals surface area contributed by atoms with Crippen molar-refractivity contribution >= 4 is 11.6 Å². The zero-order chi connectivity index (χ0) is 23.9. The number of ether oxygens (including phenoxy) is 2. The number of carbonyl (C=O) groups excluding carboxylic acids is 1. The van der Waals surface area contributed by atoms with Crippen LogP contribution in [0, 0.1) is 0 Å². The number of hydrogen-bond acceptors (Lipinski definition) is 6. The van der Waals surface area contributed by atoms with Crippen LogP contribution in [0.15, 0.2) is 67.0 Å². The van der Waals surface area contributed by atoms with Gasteiger partial charge in [-0.1, -0.05) is 30.3 Å². The van der Waals surface area contributed by atoms with E-state index in [1.165, 1.54) is 7.11 Å². The molecule has 2 aromatic carbocycles. The van der Waals surface area contributed by atoms with E-state index in [0.717, 1.165) is 11.3 Å². The maximum Gasteiger partial charge on any atom is 0.387 e. The molecular formula is C25H26F2N4O3. The lowest BCUT2D eigenvalue weighted by Crippen LogP contribution is -2.56. The smallest absolute Gasteiger partial charge is 0.387 e. The van der Waals surface area contributed by atoms with Gasteiger partial charge in [0.1, 0.15) is 5.82 Å². The molecule has 4 rings (SSSR count). The van der Waals surface area contributed by atoms with Gasteiger partial charge in [0.25, 0.3) is 0 Å². The number of amides is 1. The van der Waals surface area contributed by atoms with Crippen molar-refractivity contribution < 1.29 is 23.0 Å². The summed E-state index contributed by atoms with van der Waals surface area (Å²) in [6, 6.07) is 16.5. The second kappa shape index (κ2) is 10.9. The predicted molar refractivity (Wildman–Crippen MR) is 123 cm³/mol. The quantitative estimate of drug-likeness (QED) is 0.504. The molecule has 1 atom stereocenters. The minimum absolute atomic E-state index is 0.0191. The van der Waals surface area contributed by atoms with Gasteiger partial charge in [-0.2, -0.15) is 8.78 Å². The molecule has 9 heteroatoms. The lowest BCUT2D eigenvalue weighted by Gasteiger charge is -2.42. The fraction of sp³-hybridized carbons (Fsp3) is 0.320. The van der Waals surface area contributed by atoms with Crippen LogP contribution in [-0.2, 0) is 17.6 Å². The van der Waals surface area contributed by atoms with Crippen molar-refractivity contribution in [2.45, 2.75) is 25.5 Å². The molecule has 178 valence electrons. The minimum atomic E-state index is -2.95.